The number of nitrogens with zero attached hydrogens (tertiary/aromatic N) is 1. The van der Waals surface area contributed by atoms with E-state index in [0.717, 1.165) is 29.6 Å². The van der Waals surface area contributed by atoms with Crippen molar-refractivity contribution in [2.75, 3.05) is 6.54 Å². The maximum Gasteiger partial charge on any atom is 0.251 e. The first kappa shape index (κ1) is 14.9. The molecule has 2 aromatic carbocycles. The minimum absolute atomic E-state index is 0.160. The van der Waals surface area contributed by atoms with Crippen LogP contribution < -0.4 is 5.32 Å². The molecule has 1 aromatic heterocycles. The summed E-state index contributed by atoms with van der Waals surface area (Å²) < 4.78 is 5.74. The van der Waals surface area contributed by atoms with Crippen LogP contribution in [0.25, 0.3) is 11.0 Å². The topological polar surface area (TPSA) is 66.0 Å². The Kier molecular flexibility index (Phi) is 4.39. The SMILES string of the molecule is N#Cc1cccc(C(=O)NCCCc2cc3ccccc3o2)c1. The smallest absolute Gasteiger partial charge is 0.251 e. The Morgan fingerprint density at radius 2 is 2.00 bits per heavy atom. The van der Waals surface area contributed by atoms with Crippen molar-refractivity contribution in [3.05, 3.63) is 71.5 Å². The molecule has 0 atom stereocenters. The maximum atomic E-state index is 12.0. The number of aryl methyl sites for hydroxylation is 1. The fourth-order valence-electron chi connectivity index (χ4n) is 2.46. The summed E-state index contributed by atoms with van der Waals surface area (Å²) >= 11 is 0. The van der Waals surface area contributed by atoms with E-state index in [-0.39, 0.29) is 5.91 Å². The predicted molar refractivity (Wildman–Crippen MR) is 88.0 cm³/mol. The van der Waals surface area contributed by atoms with E-state index in [9.17, 15) is 4.79 Å². The molecule has 0 aliphatic carbocycles. The molecule has 0 aliphatic rings. The van der Waals surface area contributed by atoms with Gasteiger partial charge in [-0.3, -0.25) is 4.79 Å². The zero-order valence-electron chi connectivity index (χ0n) is 12.6. The van der Waals surface area contributed by atoms with Crippen LogP contribution in [0.1, 0.15) is 28.1 Å². The van der Waals surface area contributed by atoms with Crippen molar-refractivity contribution in [1.29, 1.82) is 5.26 Å². The number of carbonyl (C=O) groups is 1. The second-order valence-electron chi connectivity index (χ2n) is 5.30. The summed E-state index contributed by atoms with van der Waals surface area (Å²) in [6.07, 6.45) is 1.57. The number of rotatable bonds is 5. The normalized spacial score (nSPS) is 10.4. The molecule has 0 saturated carbocycles. The van der Waals surface area contributed by atoms with Crippen LogP contribution in [-0.2, 0) is 6.42 Å². The lowest BCUT2D eigenvalue weighted by Crippen LogP contribution is -2.24. The molecule has 0 radical (unpaired) electrons. The molecule has 1 heterocycles. The second-order valence-corrected chi connectivity index (χ2v) is 5.30. The van der Waals surface area contributed by atoms with Gasteiger partial charge in [-0.2, -0.15) is 5.26 Å². The molecule has 0 aliphatic heterocycles. The van der Waals surface area contributed by atoms with Gasteiger partial charge in [0.05, 0.1) is 11.6 Å². The van der Waals surface area contributed by atoms with E-state index in [1.165, 1.54) is 0 Å². The summed E-state index contributed by atoms with van der Waals surface area (Å²) in [5, 5.41) is 12.8. The lowest BCUT2D eigenvalue weighted by Gasteiger charge is -2.04. The lowest BCUT2D eigenvalue weighted by molar-refractivity contribution is 0.0953. The number of amides is 1. The van der Waals surface area contributed by atoms with Crippen LogP contribution in [0, 0.1) is 11.3 Å². The van der Waals surface area contributed by atoms with Gasteiger partial charge in [0.1, 0.15) is 11.3 Å². The van der Waals surface area contributed by atoms with E-state index in [4.69, 9.17) is 9.68 Å². The first-order valence-corrected chi connectivity index (χ1v) is 7.52. The van der Waals surface area contributed by atoms with Gasteiger partial charge in [0, 0.05) is 23.9 Å². The highest BCUT2D eigenvalue weighted by Gasteiger charge is 2.06. The molecule has 1 amide bonds. The predicted octanol–water partition coefficient (Wildman–Crippen LogP) is 3.67. The van der Waals surface area contributed by atoms with Gasteiger partial charge in [-0.1, -0.05) is 24.3 Å². The van der Waals surface area contributed by atoms with Gasteiger partial charge < -0.3 is 9.73 Å². The van der Waals surface area contributed by atoms with Crippen LogP contribution in [0.2, 0.25) is 0 Å². The molecular weight excluding hydrogens is 288 g/mol. The largest absolute Gasteiger partial charge is 0.461 e. The number of para-hydroxylation sites is 1. The summed E-state index contributed by atoms with van der Waals surface area (Å²) in [5.41, 5.74) is 1.88. The van der Waals surface area contributed by atoms with Crippen molar-refractivity contribution < 1.29 is 9.21 Å². The summed E-state index contributed by atoms with van der Waals surface area (Å²) in [6, 6.07) is 18.7. The standard InChI is InChI=1S/C19H16N2O2/c20-13-14-5-3-7-16(11-14)19(22)21-10-4-8-17-12-15-6-1-2-9-18(15)23-17/h1-3,5-7,9,11-12H,4,8,10H2,(H,21,22). The summed E-state index contributed by atoms with van der Waals surface area (Å²) in [5.74, 6) is 0.763. The molecule has 0 unspecified atom stereocenters. The van der Waals surface area contributed by atoms with Crippen LogP contribution in [0.3, 0.4) is 0 Å². The van der Waals surface area contributed by atoms with Crippen LogP contribution in [0.15, 0.2) is 59.0 Å². The Labute approximate surface area is 134 Å². The van der Waals surface area contributed by atoms with Crippen molar-refractivity contribution in [2.24, 2.45) is 0 Å². The number of fused-ring (bicyclic) bond motifs is 1. The molecule has 0 fully saturated rings. The summed E-state index contributed by atoms with van der Waals surface area (Å²) in [4.78, 5) is 12.0. The molecule has 4 heteroatoms. The van der Waals surface area contributed by atoms with Crippen molar-refractivity contribution in [1.82, 2.24) is 5.32 Å². The van der Waals surface area contributed by atoms with E-state index >= 15 is 0 Å². The number of nitriles is 1. The van der Waals surface area contributed by atoms with Crippen LogP contribution in [0.5, 0.6) is 0 Å². The summed E-state index contributed by atoms with van der Waals surface area (Å²) in [7, 11) is 0. The third-order valence-electron chi connectivity index (χ3n) is 3.62. The Bertz CT molecular complexity index is 841. The quantitative estimate of drug-likeness (QED) is 0.731. The van der Waals surface area contributed by atoms with Gasteiger partial charge in [-0.05, 0) is 36.8 Å². The molecule has 0 spiro atoms. The number of hydrogen-bond acceptors (Lipinski definition) is 3. The Morgan fingerprint density at radius 1 is 1.13 bits per heavy atom. The number of benzene rings is 2. The third kappa shape index (κ3) is 3.58. The lowest BCUT2D eigenvalue weighted by atomic mass is 10.1. The molecule has 23 heavy (non-hydrogen) atoms. The number of carbonyl (C=O) groups excluding carboxylic acids is 1. The van der Waals surface area contributed by atoms with E-state index in [0.29, 0.717) is 17.7 Å². The highest BCUT2D eigenvalue weighted by atomic mass is 16.3. The Hall–Kier alpha value is -3.06. The number of furan rings is 1. The highest BCUT2D eigenvalue weighted by Crippen LogP contribution is 2.19. The van der Waals surface area contributed by atoms with Crippen molar-refractivity contribution in [3.63, 3.8) is 0 Å². The van der Waals surface area contributed by atoms with E-state index in [1.807, 2.05) is 36.4 Å². The molecular formula is C19H16N2O2. The maximum absolute atomic E-state index is 12.0. The van der Waals surface area contributed by atoms with Gasteiger partial charge in [0.2, 0.25) is 0 Å². The van der Waals surface area contributed by atoms with Crippen molar-refractivity contribution >= 4 is 16.9 Å². The first-order chi connectivity index (χ1) is 11.3. The highest BCUT2D eigenvalue weighted by molar-refractivity contribution is 5.94. The minimum Gasteiger partial charge on any atom is -0.461 e. The van der Waals surface area contributed by atoms with E-state index < -0.39 is 0 Å². The van der Waals surface area contributed by atoms with Gasteiger partial charge in [0.25, 0.3) is 5.91 Å². The monoisotopic (exact) mass is 304 g/mol. The van der Waals surface area contributed by atoms with Crippen LogP contribution in [-0.4, -0.2) is 12.5 Å². The molecule has 0 bridgehead atoms. The molecule has 3 aromatic rings. The number of hydrogen-bond donors (Lipinski definition) is 1. The molecule has 4 nitrogen and oxygen atoms in total. The van der Waals surface area contributed by atoms with Crippen LogP contribution in [0.4, 0.5) is 0 Å². The number of nitrogens with one attached hydrogen (secondary N) is 1. The average molecular weight is 304 g/mol. The van der Waals surface area contributed by atoms with E-state index in [1.54, 1.807) is 24.3 Å². The van der Waals surface area contributed by atoms with Crippen molar-refractivity contribution in [3.8, 4) is 6.07 Å². The van der Waals surface area contributed by atoms with Gasteiger partial charge >= 0.3 is 0 Å². The van der Waals surface area contributed by atoms with Crippen LogP contribution >= 0.6 is 0 Å². The second kappa shape index (κ2) is 6.80. The molecule has 114 valence electrons. The zero-order chi connectivity index (χ0) is 16.1. The fraction of sp³-hybridized carbons (Fsp3) is 0.158. The van der Waals surface area contributed by atoms with Crippen molar-refractivity contribution in [2.45, 2.75) is 12.8 Å². The summed E-state index contributed by atoms with van der Waals surface area (Å²) in [6.45, 7) is 0.562. The Morgan fingerprint density at radius 3 is 2.83 bits per heavy atom. The average Bonchev–Trinajstić information content (AvgIpc) is 3.01. The van der Waals surface area contributed by atoms with Gasteiger partial charge in [-0.15, -0.1) is 0 Å². The van der Waals surface area contributed by atoms with E-state index in [2.05, 4.69) is 5.32 Å². The van der Waals surface area contributed by atoms with Gasteiger partial charge in [-0.25, -0.2) is 0 Å². The Balaban J connectivity index is 1.51. The zero-order valence-corrected chi connectivity index (χ0v) is 12.6. The minimum atomic E-state index is -0.160. The third-order valence-corrected chi connectivity index (χ3v) is 3.62. The fourth-order valence-corrected chi connectivity index (χ4v) is 2.46. The first-order valence-electron chi connectivity index (χ1n) is 7.52. The molecule has 3 rings (SSSR count). The molecule has 0 saturated heterocycles. The van der Waals surface area contributed by atoms with Gasteiger partial charge in [0.15, 0.2) is 0 Å². The molecule has 1 N–H and O–H groups in total.